The molecule has 1 N–H and O–H groups in total. The summed E-state index contributed by atoms with van der Waals surface area (Å²) in [6.45, 7) is 1.28. The number of carbonyl (C=O) groups is 2. The Labute approximate surface area is 214 Å². The first-order valence-electron chi connectivity index (χ1n) is 12.1. The second kappa shape index (κ2) is 11.0. The minimum absolute atomic E-state index is 0.0194. The number of nitrogens with zero attached hydrogens (tertiary/aromatic N) is 3. The van der Waals surface area contributed by atoms with Gasteiger partial charge in [0.25, 0.3) is 5.91 Å². The summed E-state index contributed by atoms with van der Waals surface area (Å²) in [7, 11) is 3.80. The number of aromatic nitrogens is 1. The average molecular weight is 511 g/mol. The molecule has 0 atom stereocenters. The van der Waals surface area contributed by atoms with E-state index in [0.717, 1.165) is 36.2 Å². The van der Waals surface area contributed by atoms with Crippen molar-refractivity contribution in [3.63, 3.8) is 0 Å². The van der Waals surface area contributed by atoms with E-state index in [0.29, 0.717) is 35.8 Å². The van der Waals surface area contributed by atoms with Gasteiger partial charge in [-0.25, -0.2) is 0 Å². The van der Waals surface area contributed by atoms with Gasteiger partial charge >= 0.3 is 6.18 Å². The molecule has 1 aliphatic heterocycles. The number of hydrogen-bond acceptors (Lipinski definition) is 4. The summed E-state index contributed by atoms with van der Waals surface area (Å²) in [6.07, 6.45) is 0.346. The number of benzene rings is 2. The third-order valence-electron chi connectivity index (χ3n) is 6.58. The molecule has 0 bridgehead atoms. The number of rotatable bonds is 6. The Hall–Kier alpha value is -3.88. The zero-order valence-corrected chi connectivity index (χ0v) is 20.8. The highest BCUT2D eigenvalue weighted by Gasteiger charge is 2.30. The number of amides is 2. The van der Waals surface area contributed by atoms with Gasteiger partial charge in [0.2, 0.25) is 5.91 Å². The maximum absolute atomic E-state index is 13.1. The third-order valence-corrected chi connectivity index (χ3v) is 6.58. The van der Waals surface area contributed by atoms with Crippen LogP contribution < -0.4 is 10.2 Å². The molecule has 1 aromatic heterocycles. The van der Waals surface area contributed by atoms with E-state index in [-0.39, 0.29) is 18.2 Å². The van der Waals surface area contributed by atoms with Crippen molar-refractivity contribution in [3.8, 4) is 0 Å². The van der Waals surface area contributed by atoms with Crippen molar-refractivity contribution in [1.82, 2.24) is 9.88 Å². The zero-order valence-electron chi connectivity index (χ0n) is 20.8. The Morgan fingerprint density at radius 2 is 1.76 bits per heavy atom. The van der Waals surface area contributed by atoms with Crippen molar-refractivity contribution in [2.45, 2.75) is 31.4 Å². The minimum atomic E-state index is -4.44. The molecule has 3 aromatic rings. The number of halogens is 3. The lowest BCUT2D eigenvalue weighted by atomic mass is 9.89. The van der Waals surface area contributed by atoms with E-state index in [4.69, 9.17) is 0 Å². The Morgan fingerprint density at radius 1 is 1.05 bits per heavy atom. The number of piperidine rings is 1. The van der Waals surface area contributed by atoms with Crippen molar-refractivity contribution in [3.05, 3.63) is 89.2 Å². The predicted octanol–water partition coefficient (Wildman–Crippen LogP) is 5.37. The highest BCUT2D eigenvalue weighted by Crippen LogP contribution is 2.31. The standard InChI is InChI=1S/C28H29F3N4O2/c1-34(2)25-10-13-32-18-24(25)27(37)35-14-11-21(12-15-35)20-6-8-23(9-7-20)33-26(36)17-19-4-3-5-22(16-19)28(29,30)31/h3-10,13,16,18,21H,11-12,14-15,17H2,1-2H3,(H,33,36). The van der Waals surface area contributed by atoms with Crippen LogP contribution in [0.15, 0.2) is 67.0 Å². The lowest BCUT2D eigenvalue weighted by Crippen LogP contribution is -2.38. The minimum Gasteiger partial charge on any atom is -0.377 e. The number of nitrogens with one attached hydrogen (secondary N) is 1. The molecule has 6 nitrogen and oxygen atoms in total. The zero-order chi connectivity index (χ0) is 26.6. The van der Waals surface area contributed by atoms with Crippen molar-refractivity contribution in [1.29, 1.82) is 0 Å². The fraction of sp³-hybridized carbons (Fsp3) is 0.321. The predicted molar refractivity (Wildman–Crippen MR) is 137 cm³/mol. The van der Waals surface area contributed by atoms with Crippen LogP contribution in [0.1, 0.15) is 45.8 Å². The lowest BCUT2D eigenvalue weighted by molar-refractivity contribution is -0.137. The monoisotopic (exact) mass is 510 g/mol. The summed E-state index contributed by atoms with van der Waals surface area (Å²) >= 11 is 0. The molecule has 0 unspecified atom stereocenters. The van der Waals surface area contributed by atoms with E-state index in [1.165, 1.54) is 12.1 Å². The summed E-state index contributed by atoms with van der Waals surface area (Å²) in [5.41, 5.74) is 2.67. The van der Waals surface area contributed by atoms with Gasteiger partial charge in [-0.3, -0.25) is 14.6 Å². The third kappa shape index (κ3) is 6.47. The van der Waals surface area contributed by atoms with Crippen LogP contribution in [0.2, 0.25) is 0 Å². The Kier molecular flexibility index (Phi) is 7.80. The molecule has 2 amide bonds. The van der Waals surface area contributed by atoms with E-state index >= 15 is 0 Å². The molecule has 2 aromatic carbocycles. The van der Waals surface area contributed by atoms with Crippen LogP contribution in [0.4, 0.5) is 24.5 Å². The molecule has 9 heteroatoms. The molecular formula is C28H29F3N4O2. The molecule has 1 saturated heterocycles. The van der Waals surface area contributed by atoms with Crippen LogP contribution in [-0.4, -0.2) is 48.9 Å². The number of likely N-dealkylation sites (tertiary alicyclic amines) is 1. The highest BCUT2D eigenvalue weighted by molar-refractivity contribution is 5.99. The number of pyridine rings is 1. The van der Waals surface area contributed by atoms with Gasteiger partial charge in [-0.1, -0.05) is 30.3 Å². The van der Waals surface area contributed by atoms with Crippen LogP contribution in [0, 0.1) is 0 Å². The van der Waals surface area contributed by atoms with Gasteiger partial charge in [-0.2, -0.15) is 13.2 Å². The van der Waals surface area contributed by atoms with Gasteiger partial charge in [0.1, 0.15) is 0 Å². The van der Waals surface area contributed by atoms with Crippen LogP contribution in [0.3, 0.4) is 0 Å². The van der Waals surface area contributed by atoms with Gasteiger partial charge in [0, 0.05) is 45.3 Å². The van der Waals surface area contributed by atoms with Crippen LogP contribution in [-0.2, 0) is 17.4 Å². The Morgan fingerprint density at radius 3 is 2.41 bits per heavy atom. The fourth-order valence-corrected chi connectivity index (χ4v) is 4.61. The van der Waals surface area contributed by atoms with Crippen LogP contribution in [0.5, 0.6) is 0 Å². The molecule has 4 rings (SSSR count). The summed E-state index contributed by atoms with van der Waals surface area (Å²) in [5, 5.41) is 2.75. The quantitative estimate of drug-likeness (QED) is 0.485. The van der Waals surface area contributed by atoms with E-state index in [2.05, 4.69) is 10.3 Å². The second-order valence-electron chi connectivity index (χ2n) is 9.40. The molecule has 0 saturated carbocycles. The second-order valence-corrected chi connectivity index (χ2v) is 9.40. The smallest absolute Gasteiger partial charge is 0.377 e. The van der Waals surface area contributed by atoms with Gasteiger partial charge in [-0.15, -0.1) is 0 Å². The maximum atomic E-state index is 13.1. The summed E-state index contributed by atoms with van der Waals surface area (Å²) < 4.78 is 38.7. The first kappa shape index (κ1) is 26.2. The molecule has 0 spiro atoms. The molecule has 194 valence electrons. The maximum Gasteiger partial charge on any atom is 0.416 e. The Balaban J connectivity index is 1.31. The molecule has 2 heterocycles. The van der Waals surface area contributed by atoms with E-state index < -0.39 is 11.7 Å². The highest BCUT2D eigenvalue weighted by atomic mass is 19.4. The largest absolute Gasteiger partial charge is 0.416 e. The van der Waals surface area contributed by atoms with Crippen molar-refractivity contribution >= 4 is 23.2 Å². The van der Waals surface area contributed by atoms with Crippen LogP contribution in [0.25, 0.3) is 0 Å². The molecular weight excluding hydrogens is 481 g/mol. The van der Waals surface area contributed by atoms with Gasteiger partial charge < -0.3 is 15.1 Å². The van der Waals surface area contributed by atoms with Crippen molar-refractivity contribution in [2.24, 2.45) is 0 Å². The van der Waals surface area contributed by atoms with Crippen molar-refractivity contribution < 1.29 is 22.8 Å². The summed E-state index contributed by atoms with van der Waals surface area (Å²) in [4.78, 5) is 33.3. The number of anilines is 2. The summed E-state index contributed by atoms with van der Waals surface area (Å²) in [5.74, 6) is -0.110. The van der Waals surface area contributed by atoms with Crippen molar-refractivity contribution in [2.75, 3.05) is 37.4 Å². The van der Waals surface area contributed by atoms with E-state index in [9.17, 15) is 22.8 Å². The molecule has 1 aliphatic rings. The molecule has 0 aliphatic carbocycles. The van der Waals surface area contributed by atoms with E-state index in [1.54, 1.807) is 24.5 Å². The SMILES string of the molecule is CN(C)c1ccncc1C(=O)N1CCC(c2ccc(NC(=O)Cc3cccc(C(F)(F)F)c3)cc2)CC1. The lowest BCUT2D eigenvalue weighted by Gasteiger charge is -2.33. The molecule has 1 fully saturated rings. The van der Waals surface area contributed by atoms with Crippen LogP contribution >= 0.6 is 0 Å². The first-order chi connectivity index (χ1) is 17.6. The van der Waals surface area contributed by atoms with E-state index in [1.807, 2.05) is 42.1 Å². The van der Waals surface area contributed by atoms with Gasteiger partial charge in [0.05, 0.1) is 23.2 Å². The fourth-order valence-electron chi connectivity index (χ4n) is 4.61. The Bertz CT molecular complexity index is 1250. The first-order valence-corrected chi connectivity index (χ1v) is 12.1. The average Bonchev–Trinajstić information content (AvgIpc) is 2.88. The number of alkyl halides is 3. The number of hydrogen-bond donors (Lipinski definition) is 1. The normalized spacial score (nSPS) is 14.4. The van der Waals surface area contributed by atoms with Gasteiger partial charge in [-0.05, 0) is 54.2 Å². The van der Waals surface area contributed by atoms with Gasteiger partial charge in [0.15, 0.2) is 0 Å². The number of carbonyl (C=O) groups excluding carboxylic acids is 2. The molecule has 0 radical (unpaired) electrons. The molecule has 37 heavy (non-hydrogen) atoms. The summed E-state index contributed by atoms with van der Waals surface area (Å²) in [6, 6.07) is 14.1. The topological polar surface area (TPSA) is 65.5 Å².